The van der Waals surface area contributed by atoms with Crippen molar-refractivity contribution in [2.75, 3.05) is 11.5 Å². The maximum atomic E-state index is 12.8. The zero-order valence-corrected chi connectivity index (χ0v) is 17.0. The largest absolute Gasteiger partial charge is 0.344 e. The second kappa shape index (κ2) is 7.52. The summed E-state index contributed by atoms with van der Waals surface area (Å²) in [5.74, 6) is -0.0450. The highest BCUT2D eigenvalue weighted by molar-refractivity contribution is 7.91. The molecule has 3 aromatic rings. The fourth-order valence-electron chi connectivity index (χ4n) is 3.46. The molecule has 1 N–H and O–H groups in total. The van der Waals surface area contributed by atoms with Crippen LogP contribution in [0.2, 0.25) is 0 Å². The van der Waals surface area contributed by atoms with E-state index < -0.39 is 9.84 Å². The fraction of sp³-hybridized carbons (Fsp3) is 0.300. The molecule has 2 atom stereocenters. The van der Waals surface area contributed by atoms with Crippen LogP contribution in [0, 0.1) is 0 Å². The lowest BCUT2D eigenvalue weighted by Crippen LogP contribution is -2.27. The lowest BCUT2D eigenvalue weighted by atomic mass is 10.1. The number of carbonyl (C=O) groups is 1. The Morgan fingerprint density at radius 3 is 2.68 bits per heavy atom. The number of hydrogen-bond acceptors (Lipinski definition) is 5. The third-order valence-electron chi connectivity index (χ3n) is 4.94. The molecule has 4 rings (SSSR count). The monoisotopic (exact) mass is 415 g/mol. The summed E-state index contributed by atoms with van der Waals surface area (Å²) in [6, 6.07) is 15.0. The standard InChI is InChI=1S/C20H21N3O3S2/c1-14(15-6-3-2-4-7-15)21-20(24)17-12-18(19-8-5-10-27-19)23(22-17)16-9-11-28(25,26)13-16/h2-8,10,12,14,16H,9,11,13H2,1H3,(H,21,24)/t14-,16+/m0/s1. The molecule has 0 unspecified atom stereocenters. The molecule has 146 valence electrons. The number of sulfone groups is 1. The summed E-state index contributed by atoms with van der Waals surface area (Å²) in [5.41, 5.74) is 2.10. The summed E-state index contributed by atoms with van der Waals surface area (Å²) in [4.78, 5) is 13.8. The van der Waals surface area contributed by atoms with E-state index >= 15 is 0 Å². The van der Waals surface area contributed by atoms with Gasteiger partial charge < -0.3 is 5.32 Å². The van der Waals surface area contributed by atoms with Crippen molar-refractivity contribution in [2.45, 2.75) is 25.4 Å². The van der Waals surface area contributed by atoms with Crippen LogP contribution in [0.4, 0.5) is 0 Å². The summed E-state index contributed by atoms with van der Waals surface area (Å²) < 4.78 is 25.6. The minimum absolute atomic E-state index is 0.0640. The lowest BCUT2D eigenvalue weighted by molar-refractivity contribution is 0.0933. The van der Waals surface area contributed by atoms with Crippen LogP contribution in [0.25, 0.3) is 10.6 Å². The maximum Gasteiger partial charge on any atom is 0.272 e. The molecule has 0 bridgehead atoms. The second-order valence-corrected chi connectivity index (χ2v) is 10.2. The first kappa shape index (κ1) is 18.9. The van der Waals surface area contributed by atoms with Crippen molar-refractivity contribution in [2.24, 2.45) is 0 Å². The molecular formula is C20H21N3O3S2. The number of thiophene rings is 1. The van der Waals surface area contributed by atoms with E-state index in [9.17, 15) is 13.2 Å². The highest BCUT2D eigenvalue weighted by atomic mass is 32.2. The Kier molecular flexibility index (Phi) is 5.07. The van der Waals surface area contributed by atoms with Gasteiger partial charge in [0.05, 0.1) is 34.2 Å². The summed E-state index contributed by atoms with van der Waals surface area (Å²) in [7, 11) is -3.05. The van der Waals surface area contributed by atoms with Crippen LogP contribution >= 0.6 is 11.3 Å². The Hall–Kier alpha value is -2.45. The normalized spacial score (nSPS) is 19.4. The molecule has 1 aliphatic rings. The first-order valence-electron chi connectivity index (χ1n) is 9.12. The van der Waals surface area contributed by atoms with Gasteiger partial charge in [-0.3, -0.25) is 9.48 Å². The van der Waals surface area contributed by atoms with Crippen molar-refractivity contribution < 1.29 is 13.2 Å². The van der Waals surface area contributed by atoms with Crippen LogP contribution in [-0.2, 0) is 9.84 Å². The molecule has 6 nitrogen and oxygen atoms in total. The second-order valence-electron chi connectivity index (χ2n) is 7.00. The van der Waals surface area contributed by atoms with Gasteiger partial charge in [-0.2, -0.15) is 5.10 Å². The molecule has 1 aromatic carbocycles. The SMILES string of the molecule is C[C@H](NC(=O)c1cc(-c2cccs2)n([C@@H]2CCS(=O)(=O)C2)n1)c1ccccc1. The van der Waals surface area contributed by atoms with Gasteiger partial charge in [0, 0.05) is 0 Å². The van der Waals surface area contributed by atoms with Gasteiger partial charge in [-0.05, 0) is 36.4 Å². The van der Waals surface area contributed by atoms with E-state index in [0.29, 0.717) is 12.1 Å². The number of benzene rings is 1. The van der Waals surface area contributed by atoms with Gasteiger partial charge >= 0.3 is 0 Å². The third kappa shape index (κ3) is 3.88. The summed E-state index contributed by atoms with van der Waals surface area (Å²) >= 11 is 1.54. The number of rotatable bonds is 5. The van der Waals surface area contributed by atoms with E-state index in [1.807, 2.05) is 54.8 Å². The van der Waals surface area contributed by atoms with Gasteiger partial charge in [0.15, 0.2) is 15.5 Å². The Morgan fingerprint density at radius 2 is 2.04 bits per heavy atom. The van der Waals surface area contributed by atoms with Crippen molar-refractivity contribution >= 4 is 27.1 Å². The van der Waals surface area contributed by atoms with Crippen LogP contribution < -0.4 is 5.32 Å². The predicted octanol–water partition coefficient (Wildman–Crippen LogP) is 3.46. The van der Waals surface area contributed by atoms with Crippen LogP contribution in [0.5, 0.6) is 0 Å². The molecule has 0 radical (unpaired) electrons. The van der Waals surface area contributed by atoms with Crippen molar-refractivity contribution in [3.05, 3.63) is 65.2 Å². The number of nitrogens with zero attached hydrogens (tertiary/aromatic N) is 2. The van der Waals surface area contributed by atoms with Crippen LogP contribution in [-0.4, -0.2) is 35.6 Å². The molecule has 28 heavy (non-hydrogen) atoms. The fourth-order valence-corrected chi connectivity index (χ4v) is 5.88. The molecule has 0 saturated carbocycles. The van der Waals surface area contributed by atoms with Crippen molar-refractivity contribution in [3.8, 4) is 10.6 Å². The molecule has 0 spiro atoms. The Labute approximate surface area is 168 Å². The third-order valence-corrected chi connectivity index (χ3v) is 7.59. The number of nitrogens with one attached hydrogen (secondary N) is 1. The van der Waals surface area contributed by atoms with Gasteiger partial charge in [0.2, 0.25) is 0 Å². The first-order valence-corrected chi connectivity index (χ1v) is 11.8. The molecule has 1 saturated heterocycles. The number of aromatic nitrogens is 2. The van der Waals surface area contributed by atoms with Crippen molar-refractivity contribution in [1.82, 2.24) is 15.1 Å². The van der Waals surface area contributed by atoms with Crippen LogP contribution in [0.3, 0.4) is 0 Å². The van der Waals surface area contributed by atoms with E-state index in [1.54, 1.807) is 22.1 Å². The summed E-state index contributed by atoms with van der Waals surface area (Å²) in [5, 5.41) is 9.44. The van der Waals surface area contributed by atoms with Gasteiger partial charge in [-0.15, -0.1) is 11.3 Å². The average molecular weight is 416 g/mol. The van der Waals surface area contributed by atoms with Crippen molar-refractivity contribution in [3.63, 3.8) is 0 Å². The maximum absolute atomic E-state index is 12.8. The van der Waals surface area contributed by atoms with E-state index in [2.05, 4.69) is 10.4 Å². The number of amides is 1. The first-order chi connectivity index (χ1) is 13.4. The summed E-state index contributed by atoms with van der Waals surface area (Å²) in [6.45, 7) is 1.92. The van der Waals surface area contributed by atoms with E-state index in [0.717, 1.165) is 16.1 Å². The molecule has 1 amide bonds. The number of carbonyl (C=O) groups excluding carboxylic acids is 1. The minimum Gasteiger partial charge on any atom is -0.344 e. The van der Waals surface area contributed by atoms with Gasteiger partial charge in [0.25, 0.3) is 5.91 Å². The number of hydrogen-bond donors (Lipinski definition) is 1. The molecule has 1 fully saturated rings. The topological polar surface area (TPSA) is 81.1 Å². The Morgan fingerprint density at radius 1 is 1.25 bits per heavy atom. The van der Waals surface area contributed by atoms with Crippen LogP contribution in [0.15, 0.2) is 53.9 Å². The highest BCUT2D eigenvalue weighted by Gasteiger charge is 2.32. The smallest absolute Gasteiger partial charge is 0.272 e. The Balaban J connectivity index is 1.63. The van der Waals surface area contributed by atoms with Gasteiger partial charge in [-0.1, -0.05) is 36.4 Å². The van der Waals surface area contributed by atoms with E-state index in [1.165, 1.54) is 0 Å². The quantitative estimate of drug-likeness (QED) is 0.692. The van der Waals surface area contributed by atoms with Gasteiger partial charge in [-0.25, -0.2) is 8.42 Å². The average Bonchev–Trinajstić information content (AvgIpc) is 3.40. The van der Waals surface area contributed by atoms with E-state index in [4.69, 9.17) is 0 Å². The molecular weight excluding hydrogens is 394 g/mol. The minimum atomic E-state index is -3.05. The van der Waals surface area contributed by atoms with E-state index in [-0.39, 0.29) is 29.5 Å². The Bertz CT molecular complexity index is 1070. The predicted molar refractivity (Wildman–Crippen MR) is 110 cm³/mol. The summed E-state index contributed by atoms with van der Waals surface area (Å²) in [6.07, 6.45) is 0.518. The molecule has 3 heterocycles. The molecule has 8 heteroatoms. The van der Waals surface area contributed by atoms with Crippen molar-refractivity contribution in [1.29, 1.82) is 0 Å². The zero-order chi connectivity index (χ0) is 19.7. The molecule has 2 aromatic heterocycles. The molecule has 0 aliphatic carbocycles. The highest BCUT2D eigenvalue weighted by Crippen LogP contribution is 2.32. The zero-order valence-electron chi connectivity index (χ0n) is 15.4. The lowest BCUT2D eigenvalue weighted by Gasteiger charge is -2.13. The molecule has 1 aliphatic heterocycles. The van der Waals surface area contributed by atoms with Crippen LogP contribution in [0.1, 0.15) is 41.5 Å². The van der Waals surface area contributed by atoms with Gasteiger partial charge in [0.1, 0.15) is 0 Å².